The molecule has 0 saturated carbocycles. The number of thiophene rings is 1. The van der Waals surface area contributed by atoms with Crippen LogP contribution in [0.4, 0.5) is 0 Å². The molecule has 0 radical (unpaired) electrons. The molecule has 0 aliphatic carbocycles. The number of hydrogen-bond acceptors (Lipinski definition) is 5. The third-order valence-corrected chi connectivity index (χ3v) is 5.66. The molecule has 142 valence electrons. The molecule has 3 aromatic rings. The van der Waals surface area contributed by atoms with Crippen molar-refractivity contribution in [1.29, 1.82) is 0 Å². The molecule has 6 heteroatoms. The van der Waals surface area contributed by atoms with E-state index >= 15 is 0 Å². The van der Waals surface area contributed by atoms with Crippen molar-refractivity contribution in [3.8, 4) is 11.5 Å². The number of benzene rings is 2. The summed E-state index contributed by atoms with van der Waals surface area (Å²) in [6.45, 7) is 1.58. The molecule has 0 saturated heterocycles. The van der Waals surface area contributed by atoms with Gasteiger partial charge in [0.25, 0.3) is 5.91 Å². The molecule has 1 atom stereocenters. The molecule has 2 aromatic carbocycles. The van der Waals surface area contributed by atoms with E-state index in [2.05, 4.69) is 5.32 Å². The number of amides is 1. The molecule has 1 N–H and O–H groups in total. The summed E-state index contributed by atoms with van der Waals surface area (Å²) in [5, 5.41) is 4.80. The van der Waals surface area contributed by atoms with Crippen molar-refractivity contribution in [1.82, 2.24) is 5.32 Å². The lowest BCUT2D eigenvalue weighted by Gasteiger charge is -2.26. The standard InChI is InChI=1S/C22H19NO4S/c1-14(19-11-6-12-28-19)23-20(24)13-26-22(25)21-15-7-2-4-9-17(15)27-18-10-5-3-8-16(18)21/h2-12,14,21H,13H2,1H3,(H,23,24)/t14-/m1/s1. The molecule has 5 nitrogen and oxygen atoms in total. The van der Waals surface area contributed by atoms with Gasteiger partial charge in [0, 0.05) is 16.0 Å². The Hall–Kier alpha value is -3.12. The van der Waals surface area contributed by atoms with Crippen LogP contribution in [0, 0.1) is 0 Å². The van der Waals surface area contributed by atoms with Gasteiger partial charge in [-0.2, -0.15) is 0 Å². The molecule has 1 aromatic heterocycles. The van der Waals surface area contributed by atoms with Crippen LogP contribution in [0.15, 0.2) is 66.0 Å². The smallest absolute Gasteiger partial charge is 0.318 e. The number of fused-ring (bicyclic) bond motifs is 2. The van der Waals surface area contributed by atoms with E-state index in [9.17, 15) is 9.59 Å². The van der Waals surface area contributed by atoms with Gasteiger partial charge in [0.2, 0.25) is 0 Å². The van der Waals surface area contributed by atoms with Gasteiger partial charge in [0.05, 0.1) is 6.04 Å². The molecule has 1 aliphatic heterocycles. The second-order valence-corrected chi connectivity index (χ2v) is 7.50. The second-order valence-electron chi connectivity index (χ2n) is 6.52. The number of hydrogen-bond donors (Lipinski definition) is 1. The Kier molecular flexibility index (Phi) is 5.12. The molecule has 1 amide bonds. The van der Waals surface area contributed by atoms with Crippen LogP contribution < -0.4 is 10.1 Å². The van der Waals surface area contributed by atoms with Crippen molar-refractivity contribution in [2.75, 3.05) is 6.61 Å². The topological polar surface area (TPSA) is 64.6 Å². The van der Waals surface area contributed by atoms with E-state index in [0.29, 0.717) is 11.5 Å². The van der Waals surface area contributed by atoms with Crippen molar-refractivity contribution >= 4 is 23.2 Å². The van der Waals surface area contributed by atoms with E-state index in [1.807, 2.05) is 73.0 Å². The Labute approximate surface area is 166 Å². The highest BCUT2D eigenvalue weighted by Gasteiger charge is 2.33. The van der Waals surface area contributed by atoms with Crippen LogP contribution >= 0.6 is 11.3 Å². The average Bonchev–Trinajstić information content (AvgIpc) is 3.25. The lowest BCUT2D eigenvalue weighted by atomic mass is 9.88. The number of nitrogens with one attached hydrogen (secondary N) is 1. The summed E-state index contributed by atoms with van der Waals surface area (Å²) < 4.78 is 11.3. The second kappa shape index (κ2) is 7.86. The highest BCUT2D eigenvalue weighted by molar-refractivity contribution is 7.10. The molecule has 0 spiro atoms. The van der Waals surface area contributed by atoms with Gasteiger partial charge in [0.15, 0.2) is 6.61 Å². The molecule has 4 rings (SSSR count). The Bertz CT molecular complexity index is 954. The predicted molar refractivity (Wildman–Crippen MR) is 107 cm³/mol. The third-order valence-electron chi connectivity index (χ3n) is 4.61. The van der Waals surface area contributed by atoms with Crippen LogP contribution in [0.3, 0.4) is 0 Å². The van der Waals surface area contributed by atoms with Gasteiger partial charge in [-0.25, -0.2) is 0 Å². The van der Waals surface area contributed by atoms with Gasteiger partial charge in [0.1, 0.15) is 17.4 Å². The van der Waals surface area contributed by atoms with Crippen LogP contribution in [0.2, 0.25) is 0 Å². The van der Waals surface area contributed by atoms with Crippen molar-refractivity contribution in [2.45, 2.75) is 18.9 Å². The number of carbonyl (C=O) groups is 2. The molecular weight excluding hydrogens is 374 g/mol. The SMILES string of the molecule is C[C@@H](NC(=O)COC(=O)C1c2ccccc2Oc2ccccc21)c1cccs1. The van der Waals surface area contributed by atoms with E-state index < -0.39 is 11.9 Å². The third kappa shape index (κ3) is 3.64. The van der Waals surface area contributed by atoms with Gasteiger partial charge in [-0.3, -0.25) is 9.59 Å². The highest BCUT2D eigenvalue weighted by Crippen LogP contribution is 2.44. The first-order valence-corrected chi connectivity index (χ1v) is 9.86. The van der Waals surface area contributed by atoms with Gasteiger partial charge < -0.3 is 14.8 Å². The van der Waals surface area contributed by atoms with Crippen molar-refractivity contribution < 1.29 is 19.1 Å². The van der Waals surface area contributed by atoms with E-state index in [-0.39, 0.29) is 18.6 Å². The fraction of sp³-hybridized carbons (Fsp3) is 0.182. The van der Waals surface area contributed by atoms with Crippen LogP contribution in [0.5, 0.6) is 11.5 Å². The Morgan fingerprint density at radius 3 is 2.29 bits per heavy atom. The summed E-state index contributed by atoms with van der Waals surface area (Å²) in [7, 11) is 0. The maximum atomic E-state index is 12.9. The minimum Gasteiger partial charge on any atom is -0.457 e. The van der Waals surface area contributed by atoms with E-state index in [4.69, 9.17) is 9.47 Å². The van der Waals surface area contributed by atoms with Crippen LogP contribution in [-0.4, -0.2) is 18.5 Å². The molecule has 1 aliphatic rings. The first-order valence-electron chi connectivity index (χ1n) is 8.98. The van der Waals surface area contributed by atoms with Crippen LogP contribution in [-0.2, 0) is 14.3 Å². The van der Waals surface area contributed by atoms with Gasteiger partial charge in [-0.1, -0.05) is 42.5 Å². The monoisotopic (exact) mass is 393 g/mol. The fourth-order valence-electron chi connectivity index (χ4n) is 3.28. The quantitative estimate of drug-likeness (QED) is 0.653. The van der Waals surface area contributed by atoms with E-state index in [1.165, 1.54) is 0 Å². The number of para-hydroxylation sites is 2. The van der Waals surface area contributed by atoms with Crippen LogP contribution in [0.1, 0.15) is 34.9 Å². The molecule has 28 heavy (non-hydrogen) atoms. The zero-order valence-corrected chi connectivity index (χ0v) is 16.1. The summed E-state index contributed by atoms with van der Waals surface area (Å²) in [4.78, 5) is 26.2. The molecule has 0 fully saturated rings. The van der Waals surface area contributed by atoms with Crippen LogP contribution in [0.25, 0.3) is 0 Å². The largest absolute Gasteiger partial charge is 0.457 e. The fourth-order valence-corrected chi connectivity index (χ4v) is 4.01. The molecule has 2 heterocycles. The number of rotatable bonds is 5. The Morgan fingerprint density at radius 2 is 1.68 bits per heavy atom. The maximum Gasteiger partial charge on any atom is 0.318 e. The van der Waals surface area contributed by atoms with Gasteiger partial charge in [-0.15, -0.1) is 11.3 Å². The van der Waals surface area contributed by atoms with Crippen molar-refractivity contribution in [3.05, 3.63) is 82.0 Å². The first kappa shape index (κ1) is 18.3. The lowest BCUT2D eigenvalue weighted by molar-refractivity contribution is -0.149. The maximum absolute atomic E-state index is 12.9. The van der Waals surface area contributed by atoms with Gasteiger partial charge >= 0.3 is 5.97 Å². The van der Waals surface area contributed by atoms with Crippen molar-refractivity contribution in [2.24, 2.45) is 0 Å². The molecular formula is C22H19NO4S. The average molecular weight is 393 g/mol. The highest BCUT2D eigenvalue weighted by atomic mass is 32.1. The summed E-state index contributed by atoms with van der Waals surface area (Å²) >= 11 is 1.57. The summed E-state index contributed by atoms with van der Waals surface area (Å²) in [6.07, 6.45) is 0. The lowest BCUT2D eigenvalue weighted by Crippen LogP contribution is -2.32. The number of ether oxygens (including phenoxy) is 2. The summed E-state index contributed by atoms with van der Waals surface area (Å²) in [5.74, 6) is -0.175. The molecule has 0 bridgehead atoms. The van der Waals surface area contributed by atoms with Gasteiger partial charge in [-0.05, 0) is 30.5 Å². The van der Waals surface area contributed by atoms with Crippen molar-refractivity contribution in [3.63, 3.8) is 0 Å². The minimum absolute atomic E-state index is 0.129. The summed E-state index contributed by atoms with van der Waals surface area (Å²) in [5.41, 5.74) is 1.47. The minimum atomic E-state index is -0.622. The Morgan fingerprint density at radius 1 is 1.04 bits per heavy atom. The predicted octanol–water partition coefficient (Wildman–Crippen LogP) is 4.41. The summed E-state index contributed by atoms with van der Waals surface area (Å²) in [6, 6.07) is 18.5. The zero-order chi connectivity index (χ0) is 19.5. The van der Waals surface area contributed by atoms with E-state index in [1.54, 1.807) is 11.3 Å². The molecule has 0 unspecified atom stereocenters. The first-order chi connectivity index (χ1) is 13.6. The normalized spacial score (nSPS) is 13.6. The van der Waals surface area contributed by atoms with E-state index in [0.717, 1.165) is 16.0 Å². The number of esters is 1. The number of carbonyl (C=O) groups excluding carboxylic acids is 2. The zero-order valence-electron chi connectivity index (χ0n) is 15.3. The Balaban J connectivity index is 1.47.